The molecular weight excluding hydrogens is 223 g/mol. The van der Waals surface area contributed by atoms with Crippen molar-refractivity contribution in [3.63, 3.8) is 0 Å². The highest BCUT2D eigenvalue weighted by Gasteiger charge is 2.09. The first-order chi connectivity index (χ1) is 6.68. The topological polar surface area (TPSA) is 25.8 Å². The minimum atomic E-state index is -0.229. The molecule has 0 spiro atoms. The average molecular weight is 229 g/mol. The zero-order chi connectivity index (χ0) is 10.1. The van der Waals surface area contributed by atoms with Gasteiger partial charge in [0, 0.05) is 5.56 Å². The lowest BCUT2D eigenvalue weighted by Crippen LogP contribution is -1.84. The molecule has 2 nitrogen and oxygen atoms in total. The Kier molecular flexibility index (Phi) is 2.48. The Balaban J connectivity index is 2.53. The van der Waals surface area contributed by atoms with E-state index in [0.717, 1.165) is 17.3 Å². The van der Waals surface area contributed by atoms with Crippen LogP contribution in [0.25, 0.3) is 11.3 Å². The van der Waals surface area contributed by atoms with E-state index in [2.05, 4.69) is 8.75 Å². The Morgan fingerprint density at radius 3 is 2.71 bits per heavy atom. The van der Waals surface area contributed by atoms with Crippen LogP contribution < -0.4 is 0 Å². The van der Waals surface area contributed by atoms with E-state index in [1.807, 2.05) is 0 Å². The van der Waals surface area contributed by atoms with Crippen LogP contribution >= 0.6 is 23.3 Å². The highest BCUT2D eigenvalue weighted by molar-refractivity contribution is 6.99. The summed E-state index contributed by atoms with van der Waals surface area (Å²) in [5.74, 6) is -0.229. The fourth-order valence-electron chi connectivity index (χ4n) is 1.14. The van der Waals surface area contributed by atoms with Crippen molar-refractivity contribution in [2.75, 3.05) is 0 Å². The van der Waals surface area contributed by atoms with Crippen LogP contribution in [-0.4, -0.2) is 8.75 Å². The van der Waals surface area contributed by atoms with Gasteiger partial charge < -0.3 is 0 Å². The fraction of sp³-hybridized carbons (Fsp3) is 0.111. The number of nitrogens with zero attached hydrogens (tertiary/aromatic N) is 2. The molecule has 5 heteroatoms. The van der Waals surface area contributed by atoms with E-state index < -0.39 is 0 Å². The Morgan fingerprint density at radius 1 is 1.36 bits per heavy atom. The zero-order valence-electron chi connectivity index (χ0n) is 7.29. The third-order valence-electron chi connectivity index (χ3n) is 1.88. The van der Waals surface area contributed by atoms with Crippen LogP contribution in [0.5, 0.6) is 0 Å². The second-order valence-corrected chi connectivity index (χ2v) is 3.75. The summed E-state index contributed by atoms with van der Waals surface area (Å²) in [7, 11) is 0. The molecule has 0 bridgehead atoms. The van der Waals surface area contributed by atoms with Crippen molar-refractivity contribution < 1.29 is 4.39 Å². The first-order valence-electron chi connectivity index (χ1n) is 3.93. The predicted molar refractivity (Wildman–Crippen MR) is 55.1 cm³/mol. The molecule has 72 valence electrons. The summed E-state index contributed by atoms with van der Waals surface area (Å²) in [4.78, 5) is 0. The summed E-state index contributed by atoms with van der Waals surface area (Å²) in [5, 5.41) is 0.362. The lowest BCUT2D eigenvalue weighted by atomic mass is 10.1. The van der Waals surface area contributed by atoms with Gasteiger partial charge in [-0.25, -0.2) is 4.39 Å². The summed E-state index contributed by atoms with van der Waals surface area (Å²) >= 11 is 6.85. The molecule has 0 amide bonds. The van der Waals surface area contributed by atoms with E-state index >= 15 is 0 Å². The van der Waals surface area contributed by atoms with Gasteiger partial charge in [-0.2, -0.15) is 8.75 Å². The Hall–Kier alpha value is -1.00. The zero-order valence-corrected chi connectivity index (χ0v) is 8.86. The standard InChI is InChI=1S/C9H6ClFN2S/c1-5-4-6(2-3-7(5)11)8-9(10)13-14-12-8/h2-4H,1H3. The molecule has 2 aromatic rings. The second kappa shape index (κ2) is 3.63. The van der Waals surface area contributed by atoms with E-state index in [9.17, 15) is 4.39 Å². The maximum absolute atomic E-state index is 13.0. The van der Waals surface area contributed by atoms with Crippen LogP contribution in [0.15, 0.2) is 18.2 Å². The Labute approximate surface area is 89.7 Å². The Morgan fingerprint density at radius 2 is 2.14 bits per heavy atom. The lowest BCUT2D eigenvalue weighted by molar-refractivity contribution is 0.619. The fourth-order valence-corrected chi connectivity index (χ4v) is 1.91. The molecule has 0 aliphatic rings. The van der Waals surface area contributed by atoms with Crippen LogP contribution in [0, 0.1) is 12.7 Å². The highest BCUT2D eigenvalue weighted by atomic mass is 35.5. The van der Waals surface area contributed by atoms with Crippen LogP contribution in [0.1, 0.15) is 5.56 Å². The minimum absolute atomic E-state index is 0.229. The average Bonchev–Trinajstić information content (AvgIpc) is 2.57. The lowest BCUT2D eigenvalue weighted by Gasteiger charge is -1.99. The molecule has 1 aromatic heterocycles. The molecule has 0 unspecified atom stereocenters. The molecule has 2 rings (SSSR count). The minimum Gasteiger partial charge on any atom is -0.207 e. The molecule has 0 aliphatic carbocycles. The quantitative estimate of drug-likeness (QED) is 0.749. The number of aromatic nitrogens is 2. The summed E-state index contributed by atoms with van der Waals surface area (Å²) < 4.78 is 20.9. The van der Waals surface area contributed by atoms with E-state index in [-0.39, 0.29) is 5.82 Å². The summed E-state index contributed by atoms with van der Waals surface area (Å²) in [5.41, 5.74) is 1.98. The number of rotatable bonds is 1. The number of benzene rings is 1. The molecule has 0 aliphatic heterocycles. The van der Waals surface area contributed by atoms with Gasteiger partial charge in [0.25, 0.3) is 0 Å². The van der Waals surface area contributed by atoms with Crippen LogP contribution in [0.3, 0.4) is 0 Å². The van der Waals surface area contributed by atoms with Crippen molar-refractivity contribution in [2.45, 2.75) is 6.92 Å². The monoisotopic (exact) mass is 228 g/mol. The smallest absolute Gasteiger partial charge is 0.170 e. The molecule has 0 N–H and O–H groups in total. The normalized spacial score (nSPS) is 10.5. The van der Waals surface area contributed by atoms with E-state index in [1.165, 1.54) is 6.07 Å². The van der Waals surface area contributed by atoms with E-state index in [0.29, 0.717) is 16.4 Å². The van der Waals surface area contributed by atoms with Gasteiger partial charge in [0.15, 0.2) is 5.15 Å². The van der Waals surface area contributed by atoms with Crippen molar-refractivity contribution >= 4 is 23.3 Å². The number of hydrogen-bond acceptors (Lipinski definition) is 3. The predicted octanol–water partition coefficient (Wildman–Crippen LogP) is 3.31. The highest BCUT2D eigenvalue weighted by Crippen LogP contribution is 2.26. The molecule has 0 fully saturated rings. The SMILES string of the molecule is Cc1cc(-c2nsnc2Cl)ccc1F. The van der Waals surface area contributed by atoms with Crippen molar-refractivity contribution in [3.05, 3.63) is 34.7 Å². The van der Waals surface area contributed by atoms with Gasteiger partial charge in [0.05, 0.1) is 11.7 Å². The first-order valence-corrected chi connectivity index (χ1v) is 5.04. The molecule has 0 atom stereocenters. The largest absolute Gasteiger partial charge is 0.207 e. The van der Waals surface area contributed by atoms with Crippen LogP contribution in [0.2, 0.25) is 5.15 Å². The van der Waals surface area contributed by atoms with Gasteiger partial charge in [-0.05, 0) is 30.7 Å². The first kappa shape index (κ1) is 9.55. The molecule has 1 aromatic carbocycles. The molecule has 1 heterocycles. The maximum Gasteiger partial charge on any atom is 0.170 e. The van der Waals surface area contributed by atoms with Gasteiger partial charge in [-0.1, -0.05) is 11.6 Å². The van der Waals surface area contributed by atoms with E-state index in [4.69, 9.17) is 11.6 Å². The van der Waals surface area contributed by atoms with Gasteiger partial charge in [-0.15, -0.1) is 0 Å². The molecule has 0 saturated carbocycles. The Bertz CT molecular complexity index is 470. The third kappa shape index (κ3) is 1.63. The maximum atomic E-state index is 13.0. The van der Waals surface area contributed by atoms with Gasteiger partial charge in [-0.3, -0.25) is 0 Å². The summed E-state index contributed by atoms with van der Waals surface area (Å²) in [6.45, 7) is 1.70. The molecule has 0 saturated heterocycles. The van der Waals surface area contributed by atoms with Crippen molar-refractivity contribution in [1.82, 2.24) is 8.75 Å². The van der Waals surface area contributed by atoms with Crippen LogP contribution in [0.4, 0.5) is 4.39 Å². The number of halogens is 2. The summed E-state index contributed by atoms with van der Waals surface area (Å²) in [6.07, 6.45) is 0. The van der Waals surface area contributed by atoms with Gasteiger partial charge in [0.2, 0.25) is 0 Å². The molecule has 0 radical (unpaired) electrons. The van der Waals surface area contributed by atoms with Crippen molar-refractivity contribution in [3.8, 4) is 11.3 Å². The van der Waals surface area contributed by atoms with Gasteiger partial charge in [0.1, 0.15) is 11.5 Å². The summed E-state index contributed by atoms with van der Waals surface area (Å²) in [6, 6.07) is 4.75. The van der Waals surface area contributed by atoms with Crippen molar-refractivity contribution in [2.24, 2.45) is 0 Å². The van der Waals surface area contributed by atoms with E-state index in [1.54, 1.807) is 19.1 Å². The van der Waals surface area contributed by atoms with Crippen LogP contribution in [-0.2, 0) is 0 Å². The molecule has 14 heavy (non-hydrogen) atoms. The third-order valence-corrected chi connectivity index (χ3v) is 2.77. The number of hydrogen-bond donors (Lipinski definition) is 0. The van der Waals surface area contributed by atoms with Crippen molar-refractivity contribution in [1.29, 1.82) is 0 Å². The van der Waals surface area contributed by atoms with Gasteiger partial charge >= 0.3 is 0 Å². The second-order valence-electron chi connectivity index (χ2n) is 2.87. The number of aryl methyl sites for hydroxylation is 1. The molecular formula is C9H6ClFN2S.